The number of halogens is 2. The first-order valence-electron chi connectivity index (χ1n) is 10.0. The molecule has 27 heavy (non-hydrogen) atoms. The second-order valence-corrected chi connectivity index (χ2v) is 12.6. The molecule has 0 heterocycles. The van der Waals surface area contributed by atoms with Crippen molar-refractivity contribution in [2.75, 3.05) is 0 Å². The Labute approximate surface area is 193 Å². The molecular weight excluding hydrogens is 429 g/mol. The van der Waals surface area contributed by atoms with Gasteiger partial charge in [-0.3, -0.25) is 0 Å². The second-order valence-electron chi connectivity index (χ2n) is 9.42. The molecule has 5 aliphatic rings. The summed E-state index contributed by atoms with van der Waals surface area (Å²) in [5.41, 5.74) is 11.2. The van der Waals surface area contributed by atoms with E-state index in [0.717, 1.165) is 19.3 Å². The van der Waals surface area contributed by atoms with Gasteiger partial charge in [0.05, 0.1) is 5.91 Å². The van der Waals surface area contributed by atoms with Gasteiger partial charge >= 0.3 is 21.7 Å². The Morgan fingerprint density at radius 2 is 1.74 bits per heavy atom. The van der Waals surface area contributed by atoms with Crippen molar-refractivity contribution in [2.24, 2.45) is 29.1 Å². The largest absolute Gasteiger partial charge is 3.00 e. The van der Waals surface area contributed by atoms with E-state index in [1.165, 1.54) is 24.8 Å². The maximum Gasteiger partial charge on any atom is 3.00 e. The van der Waals surface area contributed by atoms with E-state index in [1.807, 2.05) is 0 Å². The van der Waals surface area contributed by atoms with E-state index in [-0.39, 0.29) is 62.9 Å². The molecule has 149 valence electrons. The van der Waals surface area contributed by atoms with Crippen LogP contribution in [0.5, 0.6) is 0 Å². The third kappa shape index (κ3) is 3.19. The molecule has 1 N–H and O–H groups in total. The Bertz CT molecular complexity index is 636. The van der Waals surface area contributed by atoms with Crippen LogP contribution in [0.3, 0.4) is 0 Å². The molecule has 0 spiro atoms. The van der Waals surface area contributed by atoms with Crippen LogP contribution in [-0.4, -0.2) is 14.7 Å². The summed E-state index contributed by atoms with van der Waals surface area (Å²) in [6.07, 6.45) is 11.8. The number of allylic oxidation sites excluding steroid dienone is 4. The summed E-state index contributed by atoms with van der Waals surface area (Å²) in [5, 5.41) is 0.0630. The van der Waals surface area contributed by atoms with Gasteiger partial charge in [-0.2, -0.15) is 0 Å². The van der Waals surface area contributed by atoms with Crippen molar-refractivity contribution >= 4 is 14.7 Å². The van der Waals surface area contributed by atoms with Gasteiger partial charge in [0.2, 0.25) is 0 Å². The number of carbonyl (C=O) groups excluding carboxylic acids is 1. The molecule has 5 aliphatic carbocycles. The Morgan fingerprint density at radius 3 is 2.19 bits per heavy atom. The maximum atomic E-state index is 12.9. The summed E-state index contributed by atoms with van der Waals surface area (Å²) in [5.74, 6) is 2.35. The zero-order valence-corrected chi connectivity index (χ0v) is 21.2. The molecule has 4 bridgehead atoms. The minimum absolute atomic E-state index is 0. The van der Waals surface area contributed by atoms with Crippen molar-refractivity contribution in [2.45, 2.75) is 70.5 Å². The van der Waals surface area contributed by atoms with Gasteiger partial charge < -0.3 is 35.3 Å². The van der Waals surface area contributed by atoms with E-state index in [9.17, 15) is 4.79 Å². The smallest absolute Gasteiger partial charge is 1.00 e. The normalized spacial score (nSPS) is 41.2. The summed E-state index contributed by atoms with van der Waals surface area (Å²) in [7, 11) is -1.18. The standard InChI is InChI=1S/C21H33NOSi.2ClH.Ti/c1-5-16-7-6-13(2)18(16)21(24(3)4)17-9-14-8-15(10-17)12-20(21,11-14)19(22)23;;;/h6-7,13-15,17,24H,5,8-12H2,1-4H3,(H2,22,23);2*1H;/q;;;+3/p-3. The second kappa shape index (κ2) is 8.68. The monoisotopic (exact) mass is 460 g/mol. The fraction of sp³-hybridized carbons (Fsp3) is 0.762. The van der Waals surface area contributed by atoms with Crippen molar-refractivity contribution < 1.29 is 51.3 Å². The van der Waals surface area contributed by atoms with E-state index in [2.05, 4.69) is 39.1 Å². The quantitative estimate of drug-likeness (QED) is 0.523. The van der Waals surface area contributed by atoms with Crippen LogP contribution in [0, 0.1) is 29.1 Å². The minimum atomic E-state index is -1.18. The molecule has 0 aromatic heterocycles. The Hall–Kier alpha value is 0.461. The number of hydrogen-bond donors (Lipinski definition) is 0. The third-order valence-corrected chi connectivity index (χ3v) is 11.3. The van der Waals surface area contributed by atoms with Crippen LogP contribution in [0.2, 0.25) is 18.1 Å². The van der Waals surface area contributed by atoms with Crippen molar-refractivity contribution in [1.82, 2.24) is 0 Å². The average molecular weight is 461 g/mol. The molecule has 0 aromatic carbocycles. The molecule has 0 aliphatic heterocycles. The number of hydrogen-bond acceptors (Lipinski definition) is 1. The van der Waals surface area contributed by atoms with E-state index >= 15 is 0 Å². The van der Waals surface area contributed by atoms with Gasteiger partial charge in [0.1, 0.15) is 0 Å². The molecule has 4 unspecified atom stereocenters. The third-order valence-electron chi connectivity index (χ3n) is 8.17. The predicted octanol–water partition coefficient (Wildman–Crippen LogP) is -0.463. The molecule has 0 aromatic rings. The van der Waals surface area contributed by atoms with Crippen LogP contribution >= 0.6 is 0 Å². The van der Waals surface area contributed by atoms with E-state index in [1.54, 1.807) is 5.57 Å². The Morgan fingerprint density at radius 1 is 1.19 bits per heavy atom. The molecule has 4 fully saturated rings. The average Bonchev–Trinajstić information content (AvgIpc) is 2.88. The molecule has 1 amide bonds. The predicted molar refractivity (Wildman–Crippen MR) is 103 cm³/mol. The van der Waals surface area contributed by atoms with Crippen LogP contribution in [0.15, 0.2) is 23.3 Å². The zero-order chi connectivity index (χ0) is 17.3. The minimum Gasteiger partial charge on any atom is -1.00 e. The van der Waals surface area contributed by atoms with Gasteiger partial charge in [-0.25, -0.2) is 0 Å². The Kier molecular flexibility index (Phi) is 8.19. The maximum absolute atomic E-state index is 12.9. The van der Waals surface area contributed by atoms with Crippen LogP contribution in [-0.2, 0) is 26.5 Å². The molecule has 6 heteroatoms. The van der Waals surface area contributed by atoms with Gasteiger partial charge in [-0.15, -0.1) is 0 Å². The van der Waals surface area contributed by atoms with Gasteiger partial charge in [-0.05, 0) is 72.8 Å². The molecule has 0 saturated heterocycles. The first-order chi connectivity index (χ1) is 11.4. The number of rotatable bonds is 4. The van der Waals surface area contributed by atoms with Gasteiger partial charge in [0.15, 0.2) is 0 Å². The van der Waals surface area contributed by atoms with E-state index in [4.69, 9.17) is 5.73 Å². The van der Waals surface area contributed by atoms with Crippen LogP contribution in [0.1, 0.15) is 52.4 Å². The number of nitrogens with one attached hydrogen (secondary N) is 1. The number of amides is 1. The van der Waals surface area contributed by atoms with Gasteiger partial charge in [0.25, 0.3) is 0 Å². The topological polar surface area (TPSA) is 40.9 Å². The molecule has 4 saturated carbocycles. The van der Waals surface area contributed by atoms with Crippen LogP contribution in [0.25, 0.3) is 5.73 Å². The molecule has 5 rings (SSSR count). The summed E-state index contributed by atoms with van der Waals surface area (Å²) in [6, 6.07) is 0. The van der Waals surface area contributed by atoms with Crippen molar-refractivity contribution in [3.8, 4) is 0 Å². The van der Waals surface area contributed by atoms with Gasteiger partial charge in [-0.1, -0.05) is 44.7 Å². The summed E-state index contributed by atoms with van der Waals surface area (Å²) in [6.45, 7) is 9.54. The molecule has 2 nitrogen and oxygen atoms in total. The van der Waals surface area contributed by atoms with Crippen LogP contribution < -0.4 is 24.8 Å². The zero-order valence-electron chi connectivity index (χ0n) is 16.9. The first kappa shape index (κ1) is 25.5. The Balaban J connectivity index is 0.00000121. The summed E-state index contributed by atoms with van der Waals surface area (Å²) < 4.78 is 0. The molecular formula is C21H32Cl2NOSiTi. The van der Waals surface area contributed by atoms with E-state index in [0.29, 0.717) is 23.7 Å². The van der Waals surface area contributed by atoms with Crippen molar-refractivity contribution in [1.29, 1.82) is 0 Å². The first-order valence-corrected chi connectivity index (χ1v) is 12.9. The molecule has 4 atom stereocenters. The SMILES string of the molecule is CCC1=C(C2([SiH](C)C)C3CC4CC(C3)CC2(C([NH-])=O)C4)C(C)C=C1.[Cl-].[Cl-].[Ti+3]. The summed E-state index contributed by atoms with van der Waals surface area (Å²) in [4.78, 5) is 12.9. The molecule has 1 radical (unpaired) electrons. The fourth-order valence-electron chi connectivity index (χ4n) is 7.94. The number of carbonyl (C=O) groups is 1. The van der Waals surface area contributed by atoms with Crippen molar-refractivity contribution in [3.05, 3.63) is 29.0 Å². The van der Waals surface area contributed by atoms with Gasteiger partial charge in [0, 0.05) is 14.2 Å². The summed E-state index contributed by atoms with van der Waals surface area (Å²) >= 11 is 0. The van der Waals surface area contributed by atoms with Crippen molar-refractivity contribution in [3.63, 3.8) is 0 Å². The fourth-order valence-corrected chi connectivity index (χ4v) is 11.7. The van der Waals surface area contributed by atoms with Crippen LogP contribution in [0.4, 0.5) is 0 Å². The van der Waals surface area contributed by atoms with E-state index < -0.39 is 8.80 Å².